The molecular weight excluding hydrogens is 168 g/mol. The minimum atomic E-state index is 0.671. The Kier molecular flexibility index (Phi) is 2.00. The molecule has 0 saturated heterocycles. The molecule has 4 saturated carbocycles. The van der Waals surface area contributed by atoms with Gasteiger partial charge in [-0.3, -0.25) is 0 Å². The van der Waals surface area contributed by atoms with Crippen LogP contribution in [0.25, 0.3) is 0 Å². The lowest BCUT2D eigenvalue weighted by molar-refractivity contribution is -0.0238. The second kappa shape index (κ2) is 3.12. The maximum absolute atomic E-state index is 2.59. The summed E-state index contributed by atoms with van der Waals surface area (Å²) >= 11 is 0. The first-order chi connectivity index (χ1) is 6.80. The molecular formula is C14H22. The standard InChI is InChI=1S/C14H22/c1-2-3-4-14-8-11-5-12(9-14)7-13(6-11)10-14/h3-4,11-13H,2,5-10H2,1H3. The van der Waals surface area contributed by atoms with Crippen LogP contribution in [-0.2, 0) is 0 Å². The molecule has 4 aliphatic rings. The van der Waals surface area contributed by atoms with E-state index in [0.717, 1.165) is 17.8 Å². The molecule has 0 aromatic heterocycles. The summed E-state index contributed by atoms with van der Waals surface area (Å²) in [6.45, 7) is 2.26. The Morgan fingerprint density at radius 2 is 1.50 bits per heavy atom. The largest absolute Gasteiger partial charge is 0.0883 e. The van der Waals surface area contributed by atoms with Crippen molar-refractivity contribution in [2.75, 3.05) is 0 Å². The fraction of sp³-hybridized carbons (Fsp3) is 0.857. The van der Waals surface area contributed by atoms with E-state index in [0.29, 0.717) is 5.41 Å². The van der Waals surface area contributed by atoms with E-state index < -0.39 is 0 Å². The van der Waals surface area contributed by atoms with Crippen LogP contribution in [0.5, 0.6) is 0 Å². The topological polar surface area (TPSA) is 0 Å². The maximum atomic E-state index is 2.59. The lowest BCUT2D eigenvalue weighted by Crippen LogP contribution is -2.44. The summed E-state index contributed by atoms with van der Waals surface area (Å²) in [5.74, 6) is 3.30. The van der Waals surface area contributed by atoms with Crippen LogP contribution in [0.3, 0.4) is 0 Å². The summed E-state index contributed by atoms with van der Waals surface area (Å²) in [5, 5.41) is 0. The molecule has 0 heterocycles. The Morgan fingerprint density at radius 3 is 1.93 bits per heavy atom. The zero-order valence-corrected chi connectivity index (χ0v) is 9.34. The van der Waals surface area contributed by atoms with E-state index in [4.69, 9.17) is 0 Å². The zero-order valence-electron chi connectivity index (χ0n) is 9.34. The third-order valence-electron chi connectivity index (χ3n) is 4.79. The van der Waals surface area contributed by atoms with E-state index in [1.807, 2.05) is 0 Å². The first-order valence-corrected chi connectivity index (χ1v) is 6.47. The van der Waals surface area contributed by atoms with Crippen molar-refractivity contribution in [2.24, 2.45) is 23.2 Å². The molecule has 14 heavy (non-hydrogen) atoms. The monoisotopic (exact) mass is 190 g/mol. The van der Waals surface area contributed by atoms with Crippen molar-refractivity contribution in [1.29, 1.82) is 0 Å². The van der Waals surface area contributed by atoms with Gasteiger partial charge < -0.3 is 0 Å². The van der Waals surface area contributed by atoms with Gasteiger partial charge in [-0.05, 0) is 68.1 Å². The van der Waals surface area contributed by atoms with Crippen molar-refractivity contribution >= 4 is 0 Å². The quantitative estimate of drug-likeness (QED) is 0.573. The average Bonchev–Trinajstić information content (AvgIpc) is 2.12. The van der Waals surface area contributed by atoms with Crippen molar-refractivity contribution in [3.63, 3.8) is 0 Å². The van der Waals surface area contributed by atoms with Crippen LogP contribution in [-0.4, -0.2) is 0 Å². The summed E-state index contributed by atoms with van der Waals surface area (Å²) in [6.07, 6.45) is 15.5. The lowest BCUT2D eigenvalue weighted by atomic mass is 9.49. The molecule has 4 fully saturated rings. The Balaban J connectivity index is 1.84. The molecule has 0 N–H and O–H groups in total. The van der Waals surface area contributed by atoms with Crippen LogP contribution >= 0.6 is 0 Å². The van der Waals surface area contributed by atoms with Gasteiger partial charge in [0, 0.05) is 0 Å². The highest BCUT2D eigenvalue weighted by atomic mass is 14.5. The fourth-order valence-electron chi connectivity index (χ4n) is 4.75. The SMILES string of the molecule is CCC=CC12CC3CC(CC(C3)C1)C2. The van der Waals surface area contributed by atoms with Crippen LogP contribution in [0.1, 0.15) is 51.9 Å². The van der Waals surface area contributed by atoms with Gasteiger partial charge in [-0.15, -0.1) is 0 Å². The van der Waals surface area contributed by atoms with E-state index in [-0.39, 0.29) is 0 Å². The molecule has 0 aliphatic heterocycles. The van der Waals surface area contributed by atoms with Gasteiger partial charge in [-0.2, -0.15) is 0 Å². The Bertz CT molecular complexity index is 213. The van der Waals surface area contributed by atoms with Gasteiger partial charge in [-0.25, -0.2) is 0 Å². The summed E-state index contributed by atoms with van der Waals surface area (Å²) in [7, 11) is 0. The molecule has 0 unspecified atom stereocenters. The van der Waals surface area contributed by atoms with E-state index >= 15 is 0 Å². The molecule has 0 spiro atoms. The van der Waals surface area contributed by atoms with E-state index in [1.165, 1.54) is 25.7 Å². The minimum absolute atomic E-state index is 0.671. The molecule has 0 amide bonds. The summed E-state index contributed by atoms with van der Waals surface area (Å²) in [5.41, 5.74) is 0.671. The van der Waals surface area contributed by atoms with Crippen molar-refractivity contribution in [1.82, 2.24) is 0 Å². The van der Waals surface area contributed by atoms with Crippen LogP contribution in [0, 0.1) is 23.2 Å². The summed E-state index contributed by atoms with van der Waals surface area (Å²) in [4.78, 5) is 0. The highest BCUT2D eigenvalue weighted by Gasteiger charge is 2.49. The number of hydrogen-bond donors (Lipinski definition) is 0. The van der Waals surface area contributed by atoms with Crippen molar-refractivity contribution in [3.8, 4) is 0 Å². The minimum Gasteiger partial charge on any atom is -0.0883 e. The van der Waals surface area contributed by atoms with E-state index in [2.05, 4.69) is 19.1 Å². The van der Waals surface area contributed by atoms with Crippen molar-refractivity contribution < 1.29 is 0 Å². The second-order valence-corrected chi connectivity index (χ2v) is 6.09. The molecule has 0 aromatic rings. The predicted octanol–water partition coefficient (Wildman–Crippen LogP) is 4.17. The molecule has 4 aliphatic carbocycles. The zero-order chi connectivity index (χ0) is 9.60. The average molecular weight is 190 g/mol. The van der Waals surface area contributed by atoms with Gasteiger partial charge in [0.15, 0.2) is 0 Å². The summed E-state index contributed by atoms with van der Waals surface area (Å²) in [6, 6.07) is 0. The van der Waals surface area contributed by atoms with Crippen LogP contribution < -0.4 is 0 Å². The third-order valence-corrected chi connectivity index (χ3v) is 4.79. The maximum Gasteiger partial charge on any atom is -0.0110 e. The molecule has 0 heteroatoms. The molecule has 0 nitrogen and oxygen atoms in total. The third kappa shape index (κ3) is 1.34. The van der Waals surface area contributed by atoms with Crippen molar-refractivity contribution in [2.45, 2.75) is 51.9 Å². The van der Waals surface area contributed by atoms with Gasteiger partial charge in [0.25, 0.3) is 0 Å². The predicted molar refractivity (Wildman–Crippen MR) is 60.0 cm³/mol. The van der Waals surface area contributed by atoms with Gasteiger partial charge in [0.1, 0.15) is 0 Å². The molecule has 4 rings (SSSR count). The van der Waals surface area contributed by atoms with E-state index in [9.17, 15) is 0 Å². The van der Waals surface area contributed by atoms with Crippen LogP contribution in [0.2, 0.25) is 0 Å². The molecule has 78 valence electrons. The van der Waals surface area contributed by atoms with E-state index in [1.54, 1.807) is 19.3 Å². The smallest absolute Gasteiger partial charge is 0.0110 e. The highest BCUT2D eigenvalue weighted by Crippen LogP contribution is 2.60. The van der Waals surface area contributed by atoms with Gasteiger partial charge in [0.05, 0.1) is 0 Å². The summed E-state index contributed by atoms with van der Waals surface area (Å²) < 4.78 is 0. The molecule has 0 atom stereocenters. The number of rotatable bonds is 2. The van der Waals surface area contributed by atoms with Crippen LogP contribution in [0.4, 0.5) is 0 Å². The normalized spacial score (nSPS) is 50.5. The first-order valence-electron chi connectivity index (χ1n) is 6.47. The Morgan fingerprint density at radius 1 is 1.00 bits per heavy atom. The van der Waals surface area contributed by atoms with Crippen LogP contribution in [0.15, 0.2) is 12.2 Å². The Hall–Kier alpha value is -0.260. The highest BCUT2D eigenvalue weighted by molar-refractivity contribution is 5.10. The number of hydrogen-bond acceptors (Lipinski definition) is 0. The first kappa shape index (κ1) is 9.00. The second-order valence-electron chi connectivity index (χ2n) is 6.09. The lowest BCUT2D eigenvalue weighted by Gasteiger charge is -2.55. The van der Waals surface area contributed by atoms with Crippen molar-refractivity contribution in [3.05, 3.63) is 12.2 Å². The molecule has 0 radical (unpaired) electrons. The van der Waals surface area contributed by atoms with Gasteiger partial charge in [0.2, 0.25) is 0 Å². The fourth-order valence-corrected chi connectivity index (χ4v) is 4.75. The molecule has 4 bridgehead atoms. The van der Waals surface area contributed by atoms with Gasteiger partial charge in [-0.1, -0.05) is 19.1 Å². The van der Waals surface area contributed by atoms with Gasteiger partial charge >= 0.3 is 0 Å². The molecule has 0 aromatic carbocycles. The Labute approximate surface area is 87.8 Å². The number of allylic oxidation sites excluding steroid dienone is 2.